The minimum Gasteiger partial charge on any atom is -0.303 e. The molecule has 0 fully saturated rings. The van der Waals surface area contributed by atoms with E-state index in [0.717, 1.165) is 22.6 Å². The van der Waals surface area contributed by atoms with E-state index < -0.39 is 11.2 Å². The van der Waals surface area contributed by atoms with Crippen molar-refractivity contribution < 1.29 is 10.0 Å². The van der Waals surface area contributed by atoms with E-state index in [4.69, 9.17) is 0 Å². The van der Waals surface area contributed by atoms with Gasteiger partial charge in [-0.1, -0.05) is 30.3 Å². The van der Waals surface area contributed by atoms with E-state index in [1.165, 1.54) is 0 Å². The van der Waals surface area contributed by atoms with E-state index in [1.807, 2.05) is 44.2 Å². The summed E-state index contributed by atoms with van der Waals surface area (Å²) in [7, 11) is 0. The fourth-order valence-electron chi connectivity index (χ4n) is 2.42. The monoisotopic (exact) mass is 245 g/mol. The molecule has 0 N–H and O–H groups in total. The van der Waals surface area contributed by atoms with Gasteiger partial charge in [-0.15, -0.1) is 10.3 Å². The predicted octanol–water partition coefficient (Wildman–Crippen LogP) is 2.22. The summed E-state index contributed by atoms with van der Waals surface area (Å²) in [5.41, 5.74) is -0.0457. The van der Waals surface area contributed by atoms with Crippen LogP contribution in [0.25, 0.3) is 0 Å². The van der Waals surface area contributed by atoms with Crippen LogP contribution in [-0.4, -0.2) is 28.3 Å². The Morgan fingerprint density at radius 1 is 1.22 bits per heavy atom. The van der Waals surface area contributed by atoms with Crippen LogP contribution < -0.4 is 0 Å². The fourth-order valence-corrected chi connectivity index (χ4v) is 2.42. The van der Waals surface area contributed by atoms with Crippen LogP contribution in [0.1, 0.15) is 32.8 Å². The summed E-state index contributed by atoms with van der Waals surface area (Å²) in [6, 6.07) is 9.62. The molecular weight excluding hydrogens is 228 g/mol. The molecular formula is C14H17N2O2. The first-order chi connectivity index (χ1) is 8.42. The molecule has 1 aliphatic heterocycles. The summed E-state index contributed by atoms with van der Waals surface area (Å²) in [5, 5.41) is 13.3. The largest absolute Gasteiger partial charge is 0.303 e. The lowest BCUT2D eigenvalue weighted by atomic mass is 9.92. The normalized spacial score (nSPS) is 27.0. The van der Waals surface area contributed by atoms with E-state index in [9.17, 15) is 10.0 Å². The maximum atomic E-state index is 12.4. The molecule has 4 heteroatoms. The number of rotatable bonds is 3. The second-order valence-electron chi connectivity index (χ2n) is 5.27. The molecule has 4 nitrogen and oxygen atoms in total. The molecule has 1 aromatic carbocycles. The average Bonchev–Trinajstić information content (AvgIpc) is 2.52. The van der Waals surface area contributed by atoms with Crippen molar-refractivity contribution in [1.29, 1.82) is 0 Å². The molecule has 0 aromatic heterocycles. The van der Waals surface area contributed by atoms with Crippen LogP contribution >= 0.6 is 0 Å². The van der Waals surface area contributed by atoms with Gasteiger partial charge in [-0.3, -0.25) is 4.99 Å². The van der Waals surface area contributed by atoms with Gasteiger partial charge in [-0.05, 0) is 26.3 Å². The van der Waals surface area contributed by atoms with Gasteiger partial charge in [-0.2, -0.15) is 0 Å². The van der Waals surface area contributed by atoms with Crippen LogP contribution in [-0.2, 0) is 10.0 Å². The third-order valence-corrected chi connectivity index (χ3v) is 3.39. The number of nitrogens with zero attached hydrogens (tertiary/aromatic N) is 2. The summed E-state index contributed by atoms with van der Waals surface area (Å²) in [6.07, 6.45) is 0.856. The lowest BCUT2D eigenvalue weighted by molar-refractivity contribution is -0.245. The van der Waals surface area contributed by atoms with Gasteiger partial charge in [0.15, 0.2) is 0 Å². The van der Waals surface area contributed by atoms with Crippen molar-refractivity contribution in [2.45, 2.75) is 38.4 Å². The van der Waals surface area contributed by atoms with E-state index >= 15 is 0 Å². The SMILES string of the molecule is CC1(CC=O)N=C(c2ccccc2)C(C)(C)N1[O]. The molecule has 1 unspecified atom stereocenters. The third-order valence-electron chi connectivity index (χ3n) is 3.39. The van der Waals surface area contributed by atoms with Crippen molar-refractivity contribution in [2.75, 3.05) is 0 Å². The Bertz CT molecular complexity index is 482. The Balaban J connectivity index is 2.49. The zero-order valence-corrected chi connectivity index (χ0v) is 10.9. The fraction of sp³-hybridized carbons (Fsp3) is 0.429. The molecule has 1 aliphatic rings. The third kappa shape index (κ3) is 1.87. The summed E-state index contributed by atoms with van der Waals surface area (Å²) < 4.78 is 0. The van der Waals surface area contributed by atoms with Crippen LogP contribution in [0.4, 0.5) is 0 Å². The number of aliphatic imine (C=N–C) groups is 1. The first-order valence-corrected chi connectivity index (χ1v) is 5.99. The van der Waals surface area contributed by atoms with Gasteiger partial charge in [0.1, 0.15) is 11.9 Å². The zero-order chi connectivity index (χ0) is 13.4. The van der Waals surface area contributed by atoms with E-state index in [2.05, 4.69) is 4.99 Å². The van der Waals surface area contributed by atoms with Crippen LogP contribution in [0, 0.1) is 0 Å². The Morgan fingerprint density at radius 3 is 2.39 bits per heavy atom. The number of carbonyl (C=O) groups is 1. The van der Waals surface area contributed by atoms with Crippen LogP contribution in [0.2, 0.25) is 0 Å². The summed E-state index contributed by atoms with van der Waals surface area (Å²) in [6.45, 7) is 5.37. The maximum absolute atomic E-state index is 12.4. The summed E-state index contributed by atoms with van der Waals surface area (Å²) >= 11 is 0. The van der Waals surface area contributed by atoms with Gasteiger partial charge in [0.25, 0.3) is 0 Å². The van der Waals surface area contributed by atoms with E-state index in [1.54, 1.807) is 6.92 Å². The Morgan fingerprint density at radius 2 is 1.83 bits per heavy atom. The topological polar surface area (TPSA) is 52.6 Å². The number of hydroxylamine groups is 2. The highest BCUT2D eigenvalue weighted by Crippen LogP contribution is 2.37. The molecule has 1 heterocycles. The highest BCUT2D eigenvalue weighted by Gasteiger charge is 2.50. The summed E-state index contributed by atoms with van der Waals surface area (Å²) in [4.78, 5) is 15.2. The van der Waals surface area contributed by atoms with Crippen molar-refractivity contribution in [3.05, 3.63) is 35.9 Å². The van der Waals surface area contributed by atoms with Crippen molar-refractivity contribution in [2.24, 2.45) is 4.99 Å². The molecule has 0 bridgehead atoms. The number of benzene rings is 1. The zero-order valence-electron chi connectivity index (χ0n) is 10.9. The second kappa shape index (κ2) is 4.30. The van der Waals surface area contributed by atoms with Crippen molar-refractivity contribution in [3.63, 3.8) is 0 Å². The van der Waals surface area contributed by atoms with Gasteiger partial charge in [-0.25, -0.2) is 0 Å². The van der Waals surface area contributed by atoms with Gasteiger partial charge >= 0.3 is 0 Å². The van der Waals surface area contributed by atoms with Crippen LogP contribution in [0.15, 0.2) is 35.3 Å². The van der Waals surface area contributed by atoms with Crippen molar-refractivity contribution in [3.8, 4) is 0 Å². The number of aldehydes is 1. The maximum Gasteiger partial charge on any atom is 0.143 e. The highest BCUT2D eigenvalue weighted by molar-refractivity contribution is 6.08. The molecule has 0 saturated heterocycles. The molecule has 95 valence electrons. The first-order valence-electron chi connectivity index (χ1n) is 5.99. The molecule has 1 aromatic rings. The lowest BCUT2D eigenvalue weighted by Crippen LogP contribution is -2.50. The van der Waals surface area contributed by atoms with Crippen LogP contribution in [0.5, 0.6) is 0 Å². The lowest BCUT2D eigenvalue weighted by Gasteiger charge is -2.32. The summed E-state index contributed by atoms with van der Waals surface area (Å²) in [5.74, 6) is 0. The Hall–Kier alpha value is -1.52. The van der Waals surface area contributed by atoms with Gasteiger partial charge in [0.05, 0.1) is 11.3 Å². The number of hydrogen-bond donors (Lipinski definition) is 0. The first kappa shape index (κ1) is 12.9. The van der Waals surface area contributed by atoms with Crippen LogP contribution in [0.3, 0.4) is 0 Å². The standard InChI is InChI=1S/C14H17N2O2/c1-13(2)12(11-7-5-4-6-8-11)15-14(3,9-10-17)16(13)18/h4-8,10H,9H2,1-3H3. The molecule has 18 heavy (non-hydrogen) atoms. The average molecular weight is 245 g/mol. The van der Waals surface area contributed by atoms with Gasteiger partial charge in [0.2, 0.25) is 0 Å². The number of carbonyl (C=O) groups excluding carboxylic acids is 1. The smallest absolute Gasteiger partial charge is 0.143 e. The molecule has 1 radical (unpaired) electrons. The molecule has 1 atom stereocenters. The van der Waals surface area contributed by atoms with E-state index in [0.29, 0.717) is 0 Å². The molecule has 0 saturated carbocycles. The van der Waals surface area contributed by atoms with Gasteiger partial charge in [0, 0.05) is 6.42 Å². The highest BCUT2D eigenvalue weighted by atomic mass is 16.5. The molecule has 0 spiro atoms. The number of hydrogen-bond acceptors (Lipinski definition) is 3. The minimum absolute atomic E-state index is 0.107. The Kier molecular flexibility index (Phi) is 3.09. The van der Waals surface area contributed by atoms with Crippen molar-refractivity contribution in [1.82, 2.24) is 5.06 Å². The van der Waals surface area contributed by atoms with E-state index in [-0.39, 0.29) is 6.42 Å². The Labute approximate surface area is 107 Å². The van der Waals surface area contributed by atoms with Gasteiger partial charge < -0.3 is 4.79 Å². The molecule has 0 aliphatic carbocycles. The molecule has 0 amide bonds. The van der Waals surface area contributed by atoms with Crippen molar-refractivity contribution >= 4 is 12.0 Å². The molecule has 2 rings (SSSR count). The minimum atomic E-state index is -0.990. The quantitative estimate of drug-likeness (QED) is 0.767. The predicted molar refractivity (Wildman–Crippen MR) is 68.7 cm³/mol. The second-order valence-corrected chi connectivity index (χ2v) is 5.27.